The summed E-state index contributed by atoms with van der Waals surface area (Å²) in [6.45, 7) is -0.0133. The highest BCUT2D eigenvalue weighted by Crippen LogP contribution is 2.23. The lowest BCUT2D eigenvalue weighted by atomic mass is 10.1. The minimum absolute atomic E-state index is 0.0290. The number of hydrogen-bond donors (Lipinski definition) is 2. The van der Waals surface area contributed by atoms with Crippen LogP contribution in [-0.2, 0) is 16.3 Å². The fourth-order valence-electron chi connectivity index (χ4n) is 3.26. The van der Waals surface area contributed by atoms with E-state index in [2.05, 4.69) is 0 Å². The molecule has 0 radical (unpaired) electrons. The standard InChI is InChI=1S/C24H21ClN2O5S/c25-20-5-2-4-19(14-20)23(28)16-27(24(29)30)12-11-17-7-9-21(10-8-17)33(31,32)22-6-1-3-18(13-22)15-26/h1-10,13-14,23,28H,11-12,16H2,(H,29,30)/t23-/m1/s1. The number of aliphatic hydroxyl groups excluding tert-OH is 1. The van der Waals surface area contributed by atoms with Crippen LogP contribution >= 0.6 is 11.6 Å². The lowest BCUT2D eigenvalue weighted by molar-refractivity contribution is 0.0973. The Kier molecular flexibility index (Phi) is 7.71. The van der Waals surface area contributed by atoms with Crippen molar-refractivity contribution in [3.8, 4) is 6.07 Å². The van der Waals surface area contributed by atoms with Gasteiger partial charge in [-0.25, -0.2) is 13.2 Å². The number of aliphatic hydroxyl groups is 1. The molecule has 0 aliphatic heterocycles. The highest BCUT2D eigenvalue weighted by atomic mass is 35.5. The molecular formula is C24H21ClN2O5S. The molecular weight excluding hydrogens is 464 g/mol. The van der Waals surface area contributed by atoms with Gasteiger partial charge in [0.05, 0.1) is 34.1 Å². The zero-order valence-electron chi connectivity index (χ0n) is 17.4. The highest BCUT2D eigenvalue weighted by Gasteiger charge is 2.20. The van der Waals surface area contributed by atoms with Gasteiger partial charge in [-0.15, -0.1) is 0 Å². The molecule has 7 nitrogen and oxygen atoms in total. The van der Waals surface area contributed by atoms with E-state index in [1.165, 1.54) is 36.4 Å². The smallest absolute Gasteiger partial charge is 0.407 e. The molecule has 3 rings (SSSR count). The van der Waals surface area contributed by atoms with Gasteiger partial charge in [-0.1, -0.05) is 41.9 Å². The molecule has 3 aromatic rings. The van der Waals surface area contributed by atoms with Crippen LogP contribution in [0, 0.1) is 11.3 Å². The molecule has 0 fully saturated rings. The predicted octanol–water partition coefficient (Wildman–Crippen LogP) is 4.30. The van der Waals surface area contributed by atoms with Crippen molar-refractivity contribution in [3.63, 3.8) is 0 Å². The Labute approximate surface area is 197 Å². The quantitative estimate of drug-likeness (QED) is 0.492. The van der Waals surface area contributed by atoms with Crippen LogP contribution < -0.4 is 0 Å². The molecule has 0 aliphatic carbocycles. The Balaban J connectivity index is 1.68. The van der Waals surface area contributed by atoms with E-state index in [0.29, 0.717) is 17.0 Å². The van der Waals surface area contributed by atoms with E-state index in [4.69, 9.17) is 16.9 Å². The van der Waals surface area contributed by atoms with Gasteiger partial charge in [-0.05, 0) is 60.0 Å². The van der Waals surface area contributed by atoms with Gasteiger partial charge in [0.2, 0.25) is 9.84 Å². The molecule has 1 amide bonds. The van der Waals surface area contributed by atoms with E-state index in [9.17, 15) is 23.4 Å². The summed E-state index contributed by atoms with van der Waals surface area (Å²) in [6, 6.07) is 20.4. The summed E-state index contributed by atoms with van der Waals surface area (Å²) in [4.78, 5) is 12.8. The number of nitriles is 1. The molecule has 0 unspecified atom stereocenters. The topological polar surface area (TPSA) is 119 Å². The number of rotatable bonds is 8. The molecule has 0 aliphatic rings. The average Bonchev–Trinajstić information content (AvgIpc) is 2.81. The molecule has 0 bridgehead atoms. The summed E-state index contributed by atoms with van der Waals surface area (Å²) >= 11 is 5.93. The third-order valence-electron chi connectivity index (χ3n) is 5.07. The zero-order valence-corrected chi connectivity index (χ0v) is 19.0. The second kappa shape index (κ2) is 10.5. The van der Waals surface area contributed by atoms with E-state index < -0.39 is 22.0 Å². The summed E-state index contributed by atoms with van der Waals surface area (Å²) in [5, 5.41) is 29.3. The van der Waals surface area contributed by atoms with Crippen molar-refractivity contribution < 1.29 is 23.4 Å². The second-order valence-corrected chi connectivity index (χ2v) is 9.72. The van der Waals surface area contributed by atoms with Crippen molar-refractivity contribution in [3.05, 3.63) is 94.5 Å². The van der Waals surface area contributed by atoms with Crippen molar-refractivity contribution in [1.82, 2.24) is 4.90 Å². The molecule has 0 heterocycles. The molecule has 0 spiro atoms. The minimum atomic E-state index is -3.78. The Morgan fingerprint density at radius 3 is 2.36 bits per heavy atom. The van der Waals surface area contributed by atoms with Crippen LogP contribution in [0.3, 0.4) is 0 Å². The van der Waals surface area contributed by atoms with Crippen LogP contribution in [0.2, 0.25) is 5.02 Å². The molecule has 0 saturated carbocycles. The van der Waals surface area contributed by atoms with Gasteiger partial charge >= 0.3 is 6.09 Å². The molecule has 0 saturated heterocycles. The Morgan fingerprint density at radius 2 is 1.73 bits per heavy atom. The van der Waals surface area contributed by atoms with Crippen LogP contribution in [0.4, 0.5) is 4.79 Å². The van der Waals surface area contributed by atoms with Crippen LogP contribution in [-0.4, -0.2) is 42.7 Å². The van der Waals surface area contributed by atoms with Gasteiger partial charge in [0, 0.05) is 11.6 Å². The van der Waals surface area contributed by atoms with E-state index in [1.54, 1.807) is 36.4 Å². The average molecular weight is 485 g/mol. The third-order valence-corrected chi connectivity index (χ3v) is 7.08. The Bertz CT molecular complexity index is 1290. The summed E-state index contributed by atoms with van der Waals surface area (Å²) in [5.74, 6) is 0. The minimum Gasteiger partial charge on any atom is -0.465 e. The SMILES string of the molecule is N#Cc1cccc(S(=O)(=O)c2ccc(CCN(C[C@@H](O)c3cccc(Cl)c3)C(=O)O)cc2)c1. The number of benzene rings is 3. The molecule has 3 aromatic carbocycles. The molecule has 170 valence electrons. The van der Waals surface area contributed by atoms with E-state index in [-0.39, 0.29) is 28.4 Å². The number of carboxylic acid groups (broad SMARTS) is 1. The maximum absolute atomic E-state index is 12.8. The van der Waals surface area contributed by atoms with Gasteiger partial charge in [-0.3, -0.25) is 0 Å². The van der Waals surface area contributed by atoms with Gasteiger partial charge in [0.25, 0.3) is 0 Å². The Morgan fingerprint density at radius 1 is 1.03 bits per heavy atom. The number of amides is 1. The normalized spacial score (nSPS) is 12.0. The maximum atomic E-state index is 12.8. The zero-order chi connectivity index (χ0) is 24.0. The molecule has 1 atom stereocenters. The number of sulfone groups is 1. The summed E-state index contributed by atoms with van der Waals surface area (Å²) in [6.07, 6.45) is -1.87. The van der Waals surface area contributed by atoms with Crippen molar-refractivity contribution in [2.45, 2.75) is 22.3 Å². The van der Waals surface area contributed by atoms with Gasteiger partial charge in [-0.2, -0.15) is 5.26 Å². The number of carbonyl (C=O) groups is 1. The first-order chi connectivity index (χ1) is 15.7. The monoisotopic (exact) mass is 484 g/mol. The first-order valence-electron chi connectivity index (χ1n) is 9.96. The molecule has 0 aromatic heterocycles. The number of nitrogens with zero attached hydrogens (tertiary/aromatic N) is 2. The fraction of sp³-hybridized carbons (Fsp3) is 0.167. The Hall–Kier alpha value is -3.38. The van der Waals surface area contributed by atoms with E-state index >= 15 is 0 Å². The van der Waals surface area contributed by atoms with Crippen molar-refractivity contribution in [2.75, 3.05) is 13.1 Å². The maximum Gasteiger partial charge on any atom is 0.407 e. The fourth-order valence-corrected chi connectivity index (χ4v) is 4.77. The lowest BCUT2D eigenvalue weighted by Gasteiger charge is -2.23. The van der Waals surface area contributed by atoms with Crippen LogP contribution in [0.15, 0.2) is 82.6 Å². The van der Waals surface area contributed by atoms with Crippen LogP contribution in [0.25, 0.3) is 0 Å². The van der Waals surface area contributed by atoms with Crippen molar-refractivity contribution in [2.24, 2.45) is 0 Å². The van der Waals surface area contributed by atoms with Gasteiger partial charge < -0.3 is 15.1 Å². The summed E-state index contributed by atoms with van der Waals surface area (Å²) < 4.78 is 25.6. The van der Waals surface area contributed by atoms with Crippen molar-refractivity contribution >= 4 is 27.5 Å². The summed E-state index contributed by atoms with van der Waals surface area (Å²) in [7, 11) is -3.78. The summed E-state index contributed by atoms with van der Waals surface area (Å²) in [5.41, 5.74) is 1.51. The van der Waals surface area contributed by atoms with Crippen molar-refractivity contribution in [1.29, 1.82) is 5.26 Å². The molecule has 2 N–H and O–H groups in total. The highest BCUT2D eigenvalue weighted by molar-refractivity contribution is 7.91. The van der Waals surface area contributed by atoms with E-state index in [1.807, 2.05) is 6.07 Å². The first kappa shape index (κ1) is 24.3. The van der Waals surface area contributed by atoms with Crippen LogP contribution in [0.1, 0.15) is 22.8 Å². The van der Waals surface area contributed by atoms with Gasteiger partial charge in [0.15, 0.2) is 0 Å². The number of halogens is 1. The molecule has 33 heavy (non-hydrogen) atoms. The third kappa shape index (κ3) is 6.11. The first-order valence-corrected chi connectivity index (χ1v) is 11.8. The van der Waals surface area contributed by atoms with Gasteiger partial charge in [0.1, 0.15) is 0 Å². The van der Waals surface area contributed by atoms with E-state index in [0.717, 1.165) is 10.5 Å². The predicted molar refractivity (Wildman–Crippen MR) is 123 cm³/mol. The van der Waals surface area contributed by atoms with Crippen LogP contribution in [0.5, 0.6) is 0 Å². The number of hydrogen-bond acceptors (Lipinski definition) is 5. The second-order valence-electron chi connectivity index (χ2n) is 7.34. The molecule has 9 heteroatoms. The lowest BCUT2D eigenvalue weighted by Crippen LogP contribution is -2.35. The largest absolute Gasteiger partial charge is 0.465 e.